The highest BCUT2D eigenvalue weighted by Gasteiger charge is 2.05. The van der Waals surface area contributed by atoms with Gasteiger partial charge >= 0.3 is 0 Å². The largest absolute Gasteiger partial charge is 0.505 e. The minimum atomic E-state index is -2.12. The number of phenolic OH excluding ortho intramolecular Hbond substituents is 1. The van der Waals surface area contributed by atoms with Crippen LogP contribution in [0.1, 0.15) is 11.1 Å². The standard InChI is InChI=1S/C16H17NO.CH4O2S/c1-17(2)15-10-6-9-14(16(15)18)12-11-13-7-4-3-5-8-13;1-4(2)3/h3-12,18H,1-2H3;4H,1H3/b12-11+;. The SMILES string of the molecule is CN(C)c1cccc(/C=C/c2ccccc2)c1O.C[SH](=O)=O. The van der Waals surface area contributed by atoms with Crippen LogP contribution in [0.15, 0.2) is 48.5 Å². The van der Waals surface area contributed by atoms with Gasteiger partial charge in [-0.1, -0.05) is 54.6 Å². The summed E-state index contributed by atoms with van der Waals surface area (Å²) in [5.41, 5.74) is 2.77. The Morgan fingerprint density at radius 2 is 1.55 bits per heavy atom. The predicted molar refractivity (Wildman–Crippen MR) is 94.0 cm³/mol. The van der Waals surface area contributed by atoms with Crippen LogP contribution < -0.4 is 4.90 Å². The first-order valence-electron chi connectivity index (χ1n) is 6.72. The number of rotatable bonds is 3. The van der Waals surface area contributed by atoms with E-state index in [2.05, 4.69) is 0 Å². The lowest BCUT2D eigenvalue weighted by Crippen LogP contribution is -2.08. The summed E-state index contributed by atoms with van der Waals surface area (Å²) in [6, 6.07) is 15.8. The first-order valence-corrected chi connectivity index (χ1v) is 8.34. The fourth-order valence-electron chi connectivity index (χ4n) is 1.79. The van der Waals surface area contributed by atoms with Gasteiger partial charge in [-0.3, -0.25) is 0 Å². The van der Waals surface area contributed by atoms with E-state index in [-0.39, 0.29) is 0 Å². The van der Waals surface area contributed by atoms with Crippen LogP contribution in [0.4, 0.5) is 5.69 Å². The Hall–Kier alpha value is -2.27. The van der Waals surface area contributed by atoms with Crippen molar-refractivity contribution in [3.8, 4) is 5.75 Å². The minimum absolute atomic E-state index is 0.315. The zero-order valence-electron chi connectivity index (χ0n) is 12.9. The van der Waals surface area contributed by atoms with Crippen LogP contribution in [0.5, 0.6) is 5.75 Å². The number of hydrogen-bond acceptors (Lipinski definition) is 4. The number of thiol groups is 1. The van der Waals surface area contributed by atoms with Gasteiger partial charge < -0.3 is 10.0 Å². The Morgan fingerprint density at radius 3 is 2.09 bits per heavy atom. The van der Waals surface area contributed by atoms with Crippen LogP contribution in [0.25, 0.3) is 12.2 Å². The third kappa shape index (κ3) is 6.01. The molecule has 0 unspecified atom stereocenters. The second kappa shape index (κ2) is 8.89. The van der Waals surface area contributed by atoms with Crippen LogP contribution in [0.3, 0.4) is 0 Å². The van der Waals surface area contributed by atoms with Gasteiger partial charge in [0.2, 0.25) is 0 Å². The average molecular weight is 319 g/mol. The molecule has 0 aliphatic carbocycles. The van der Waals surface area contributed by atoms with Gasteiger partial charge in [-0.25, -0.2) is 8.42 Å². The third-order valence-electron chi connectivity index (χ3n) is 2.78. The van der Waals surface area contributed by atoms with Crippen LogP contribution >= 0.6 is 0 Å². The summed E-state index contributed by atoms with van der Waals surface area (Å²) in [5.74, 6) is 0.315. The maximum atomic E-state index is 10.1. The fraction of sp³-hybridized carbons (Fsp3) is 0.176. The highest BCUT2D eigenvalue weighted by molar-refractivity contribution is 7.71. The second-order valence-electron chi connectivity index (χ2n) is 4.79. The van der Waals surface area contributed by atoms with E-state index in [9.17, 15) is 5.11 Å². The van der Waals surface area contributed by atoms with Crippen LogP contribution in [-0.2, 0) is 10.7 Å². The van der Waals surface area contributed by atoms with Crippen molar-refractivity contribution in [3.05, 3.63) is 59.7 Å². The molecule has 22 heavy (non-hydrogen) atoms. The number of benzene rings is 2. The van der Waals surface area contributed by atoms with E-state index in [4.69, 9.17) is 8.42 Å². The molecular formula is C17H21NO3S. The summed E-state index contributed by atoms with van der Waals surface area (Å²) in [6.45, 7) is 0. The lowest BCUT2D eigenvalue weighted by atomic mass is 10.1. The molecule has 0 bridgehead atoms. The van der Waals surface area contributed by atoms with E-state index >= 15 is 0 Å². The number of para-hydroxylation sites is 1. The third-order valence-corrected chi connectivity index (χ3v) is 2.78. The van der Waals surface area contributed by atoms with Gasteiger partial charge in [-0.2, -0.15) is 0 Å². The minimum Gasteiger partial charge on any atom is -0.505 e. The van der Waals surface area contributed by atoms with Crippen molar-refractivity contribution >= 4 is 28.5 Å². The molecule has 0 aliphatic heterocycles. The van der Waals surface area contributed by atoms with Crippen molar-refractivity contribution in [2.45, 2.75) is 0 Å². The number of phenols is 1. The first kappa shape index (κ1) is 17.8. The molecule has 0 aromatic heterocycles. The molecule has 4 nitrogen and oxygen atoms in total. The number of aromatic hydroxyl groups is 1. The van der Waals surface area contributed by atoms with Crippen molar-refractivity contribution < 1.29 is 13.5 Å². The molecule has 0 fully saturated rings. The van der Waals surface area contributed by atoms with Crippen molar-refractivity contribution in [3.63, 3.8) is 0 Å². The van der Waals surface area contributed by atoms with Gasteiger partial charge in [0.15, 0.2) is 0 Å². The molecule has 2 aromatic rings. The van der Waals surface area contributed by atoms with E-state index in [0.29, 0.717) is 5.75 Å². The van der Waals surface area contributed by atoms with Gasteiger partial charge in [-0.05, 0) is 11.6 Å². The Bertz CT molecular complexity index is 684. The van der Waals surface area contributed by atoms with Gasteiger partial charge in [0.05, 0.1) is 5.69 Å². The number of nitrogens with zero attached hydrogens (tertiary/aromatic N) is 1. The molecule has 0 heterocycles. The highest BCUT2D eigenvalue weighted by atomic mass is 32.2. The zero-order valence-corrected chi connectivity index (χ0v) is 13.8. The smallest absolute Gasteiger partial charge is 0.146 e. The van der Waals surface area contributed by atoms with E-state index in [0.717, 1.165) is 23.1 Å². The van der Waals surface area contributed by atoms with Gasteiger partial charge in [0.1, 0.15) is 16.5 Å². The molecule has 0 atom stereocenters. The number of hydrogen-bond donors (Lipinski definition) is 2. The summed E-state index contributed by atoms with van der Waals surface area (Å²) < 4.78 is 18.1. The topological polar surface area (TPSA) is 57.6 Å². The molecule has 0 saturated heterocycles. The normalized spacial score (nSPS) is 10.4. The molecule has 5 heteroatoms. The quantitative estimate of drug-likeness (QED) is 0.675. The van der Waals surface area contributed by atoms with E-state index in [1.54, 1.807) is 0 Å². The Labute approximate surface area is 133 Å². The van der Waals surface area contributed by atoms with Crippen molar-refractivity contribution in [2.24, 2.45) is 0 Å². The van der Waals surface area contributed by atoms with Crippen LogP contribution in [0, 0.1) is 0 Å². The molecule has 2 aromatic carbocycles. The maximum absolute atomic E-state index is 10.1. The molecule has 1 N–H and O–H groups in total. The Kier molecular flexibility index (Phi) is 7.19. The van der Waals surface area contributed by atoms with Gasteiger partial charge in [-0.15, -0.1) is 0 Å². The predicted octanol–water partition coefficient (Wildman–Crippen LogP) is 2.86. The van der Waals surface area contributed by atoms with E-state index < -0.39 is 10.7 Å². The van der Waals surface area contributed by atoms with E-state index in [1.807, 2.05) is 79.7 Å². The molecule has 2 rings (SSSR count). The molecule has 0 aliphatic rings. The summed E-state index contributed by atoms with van der Waals surface area (Å²) in [4.78, 5) is 1.90. The van der Waals surface area contributed by atoms with Crippen LogP contribution in [0.2, 0.25) is 0 Å². The molecule has 118 valence electrons. The monoisotopic (exact) mass is 319 g/mol. The molecule has 0 radical (unpaired) electrons. The Morgan fingerprint density at radius 1 is 0.955 bits per heavy atom. The van der Waals surface area contributed by atoms with Crippen molar-refractivity contribution in [1.29, 1.82) is 0 Å². The van der Waals surface area contributed by atoms with Crippen molar-refractivity contribution in [1.82, 2.24) is 0 Å². The summed E-state index contributed by atoms with van der Waals surface area (Å²) in [7, 11) is 1.71. The zero-order chi connectivity index (χ0) is 16.5. The lowest BCUT2D eigenvalue weighted by Gasteiger charge is -2.15. The fourth-order valence-corrected chi connectivity index (χ4v) is 1.79. The first-order chi connectivity index (χ1) is 10.4. The summed E-state index contributed by atoms with van der Waals surface area (Å²) in [5, 5.41) is 10.1. The molecule has 0 amide bonds. The van der Waals surface area contributed by atoms with Crippen molar-refractivity contribution in [2.75, 3.05) is 25.3 Å². The lowest BCUT2D eigenvalue weighted by molar-refractivity contribution is 0.474. The van der Waals surface area contributed by atoms with Gasteiger partial charge in [0, 0.05) is 25.9 Å². The Balaban J connectivity index is 0.000000541. The maximum Gasteiger partial charge on any atom is 0.146 e. The van der Waals surface area contributed by atoms with Crippen LogP contribution in [-0.4, -0.2) is 33.9 Å². The van der Waals surface area contributed by atoms with E-state index in [1.165, 1.54) is 0 Å². The average Bonchev–Trinajstić information content (AvgIpc) is 2.46. The second-order valence-corrected chi connectivity index (χ2v) is 5.67. The summed E-state index contributed by atoms with van der Waals surface area (Å²) in [6.07, 6.45) is 5.04. The summed E-state index contributed by atoms with van der Waals surface area (Å²) >= 11 is 0. The number of anilines is 1. The molecular weight excluding hydrogens is 298 g/mol. The molecule has 0 spiro atoms. The van der Waals surface area contributed by atoms with Gasteiger partial charge in [0.25, 0.3) is 0 Å². The highest BCUT2D eigenvalue weighted by Crippen LogP contribution is 2.30. The molecule has 0 saturated carbocycles.